The van der Waals surface area contributed by atoms with Gasteiger partial charge >= 0.3 is 6.09 Å². The van der Waals surface area contributed by atoms with Crippen LogP contribution in [0.4, 0.5) is 4.79 Å². The normalized spacial score (nSPS) is 14.0. The molecule has 3 nitrogen and oxygen atoms in total. The zero-order valence-electron chi connectivity index (χ0n) is 6.68. The molecule has 0 fully saturated rings. The van der Waals surface area contributed by atoms with Crippen molar-refractivity contribution in [2.24, 2.45) is 0 Å². The zero-order valence-corrected chi connectivity index (χ0v) is 7.49. The van der Waals surface area contributed by atoms with Crippen LogP contribution in [0.1, 0.15) is 10.4 Å². The van der Waals surface area contributed by atoms with Crippen molar-refractivity contribution in [2.45, 2.75) is 0 Å². The van der Waals surface area contributed by atoms with Crippen molar-refractivity contribution in [1.29, 1.82) is 0 Å². The summed E-state index contributed by atoms with van der Waals surface area (Å²) in [4.78, 5) is 12.8. The van der Waals surface area contributed by atoms with Crippen LogP contribution in [0.5, 0.6) is 0 Å². The van der Waals surface area contributed by atoms with Crippen LogP contribution in [-0.4, -0.2) is 16.1 Å². The fourth-order valence-electron chi connectivity index (χ4n) is 1.09. The minimum absolute atomic E-state index is 0.970. The molecule has 0 unspecified atom stereocenters. The Morgan fingerprint density at radius 3 is 2.92 bits per heavy atom. The number of hydrogen-bond acceptors (Lipinski definition) is 2. The molecule has 0 atom stereocenters. The molecule has 2 rings (SSSR count). The Hall–Kier alpha value is -1.55. The number of carbonyl (C=O) groups is 1. The Labute approximate surface area is 79.2 Å². The minimum Gasteiger partial charge on any atom is -0.464 e. The summed E-state index contributed by atoms with van der Waals surface area (Å²) in [5.74, 6) is 0. The predicted octanol–water partition coefficient (Wildman–Crippen LogP) is 2.68. The van der Waals surface area contributed by atoms with E-state index in [1.165, 1.54) is 6.20 Å². The highest BCUT2D eigenvalue weighted by molar-refractivity contribution is 7.11. The van der Waals surface area contributed by atoms with Crippen LogP contribution in [0.25, 0.3) is 12.2 Å². The maximum Gasteiger partial charge on any atom is 0.415 e. The lowest BCUT2D eigenvalue weighted by Crippen LogP contribution is -2.15. The number of carboxylic acid groups (broad SMARTS) is 1. The molecule has 0 saturated carbocycles. The van der Waals surface area contributed by atoms with Crippen LogP contribution in [0.15, 0.2) is 23.8 Å². The quantitative estimate of drug-likeness (QED) is 0.688. The van der Waals surface area contributed by atoms with Crippen molar-refractivity contribution in [2.75, 3.05) is 0 Å². The molecular formula is C9H7NO2S. The highest BCUT2D eigenvalue weighted by atomic mass is 32.1. The van der Waals surface area contributed by atoms with Gasteiger partial charge in [0.25, 0.3) is 0 Å². The number of hydrogen-bond donors (Lipinski definition) is 1. The second-order valence-electron chi connectivity index (χ2n) is 2.56. The van der Waals surface area contributed by atoms with E-state index >= 15 is 0 Å². The van der Waals surface area contributed by atoms with E-state index in [0.717, 1.165) is 15.3 Å². The summed E-state index contributed by atoms with van der Waals surface area (Å²) < 4.78 is 0. The maximum atomic E-state index is 10.6. The van der Waals surface area contributed by atoms with Gasteiger partial charge in [-0.3, -0.25) is 4.90 Å². The van der Waals surface area contributed by atoms with Gasteiger partial charge < -0.3 is 5.11 Å². The SMILES string of the molecule is O=C(O)N1C=Cc2ccsc2C=C1. The lowest BCUT2D eigenvalue weighted by Gasteiger charge is -2.05. The van der Waals surface area contributed by atoms with Gasteiger partial charge in [0.05, 0.1) is 0 Å². The van der Waals surface area contributed by atoms with E-state index in [1.54, 1.807) is 29.7 Å². The molecule has 4 heteroatoms. The summed E-state index contributed by atoms with van der Waals surface area (Å²) >= 11 is 1.59. The molecule has 0 aliphatic carbocycles. The zero-order chi connectivity index (χ0) is 9.26. The smallest absolute Gasteiger partial charge is 0.415 e. The van der Waals surface area contributed by atoms with Gasteiger partial charge in [-0.1, -0.05) is 0 Å². The van der Waals surface area contributed by atoms with Crippen LogP contribution in [0.2, 0.25) is 0 Å². The molecule has 0 radical (unpaired) electrons. The average Bonchev–Trinajstić information content (AvgIpc) is 2.44. The van der Waals surface area contributed by atoms with Gasteiger partial charge in [-0.15, -0.1) is 11.3 Å². The van der Waals surface area contributed by atoms with Gasteiger partial charge in [0, 0.05) is 17.3 Å². The fraction of sp³-hybridized carbons (Fsp3) is 0. The first kappa shape index (κ1) is 8.07. The number of fused-ring (bicyclic) bond motifs is 1. The Morgan fingerprint density at radius 2 is 2.15 bits per heavy atom. The van der Waals surface area contributed by atoms with Crippen molar-refractivity contribution in [1.82, 2.24) is 4.90 Å². The molecular weight excluding hydrogens is 186 g/mol. The monoisotopic (exact) mass is 193 g/mol. The maximum absolute atomic E-state index is 10.6. The molecule has 66 valence electrons. The van der Waals surface area contributed by atoms with Crippen molar-refractivity contribution >= 4 is 29.6 Å². The van der Waals surface area contributed by atoms with E-state index in [-0.39, 0.29) is 0 Å². The third kappa shape index (κ3) is 1.48. The van der Waals surface area contributed by atoms with Crippen LogP contribution in [0.3, 0.4) is 0 Å². The van der Waals surface area contributed by atoms with Crippen molar-refractivity contribution < 1.29 is 9.90 Å². The Kier molecular flexibility index (Phi) is 1.90. The largest absolute Gasteiger partial charge is 0.464 e. The van der Waals surface area contributed by atoms with Crippen LogP contribution in [0, 0.1) is 0 Å². The molecule has 1 aliphatic rings. The van der Waals surface area contributed by atoms with Gasteiger partial charge in [-0.05, 0) is 29.2 Å². The first-order valence-corrected chi connectivity index (χ1v) is 4.60. The Bertz CT molecular complexity index is 364. The molecule has 1 amide bonds. The second-order valence-corrected chi connectivity index (χ2v) is 3.51. The lowest BCUT2D eigenvalue weighted by atomic mass is 10.2. The van der Waals surface area contributed by atoms with Gasteiger partial charge in [-0.2, -0.15) is 0 Å². The van der Waals surface area contributed by atoms with Crippen LogP contribution in [-0.2, 0) is 0 Å². The minimum atomic E-state index is -0.970. The van der Waals surface area contributed by atoms with E-state index in [9.17, 15) is 4.79 Å². The van der Waals surface area contributed by atoms with Gasteiger partial charge in [0.15, 0.2) is 0 Å². The number of nitrogens with zero attached hydrogens (tertiary/aromatic N) is 1. The van der Waals surface area contributed by atoms with Gasteiger partial charge in [-0.25, -0.2) is 4.79 Å². The Balaban J connectivity index is 2.37. The van der Waals surface area contributed by atoms with E-state index in [1.807, 2.05) is 11.4 Å². The summed E-state index contributed by atoms with van der Waals surface area (Å²) in [5.41, 5.74) is 1.06. The molecule has 1 aromatic rings. The molecule has 1 aromatic heterocycles. The highest BCUT2D eigenvalue weighted by Gasteiger charge is 2.08. The third-order valence-electron chi connectivity index (χ3n) is 1.75. The van der Waals surface area contributed by atoms with Gasteiger partial charge in [0.1, 0.15) is 0 Å². The van der Waals surface area contributed by atoms with Gasteiger partial charge in [0.2, 0.25) is 0 Å². The van der Waals surface area contributed by atoms with E-state index in [0.29, 0.717) is 0 Å². The third-order valence-corrected chi connectivity index (χ3v) is 2.65. The standard InChI is InChI=1S/C9H7NO2S/c11-9(12)10-4-1-7-3-6-13-8(7)2-5-10/h1-6H,(H,11,12). The highest BCUT2D eigenvalue weighted by Crippen LogP contribution is 2.22. The number of thiophene rings is 1. The first-order valence-electron chi connectivity index (χ1n) is 3.72. The van der Waals surface area contributed by atoms with Crippen molar-refractivity contribution in [3.8, 4) is 0 Å². The molecule has 1 aliphatic heterocycles. The summed E-state index contributed by atoms with van der Waals surface area (Å²) in [6.07, 6.45) is 5.70. The number of amides is 1. The second kappa shape index (κ2) is 3.06. The fourth-order valence-corrected chi connectivity index (χ4v) is 1.86. The van der Waals surface area contributed by atoms with E-state index in [2.05, 4.69) is 0 Å². The van der Waals surface area contributed by atoms with E-state index < -0.39 is 6.09 Å². The predicted molar refractivity (Wildman–Crippen MR) is 52.3 cm³/mol. The molecule has 0 spiro atoms. The molecule has 1 N–H and O–H groups in total. The van der Waals surface area contributed by atoms with Crippen molar-refractivity contribution in [3.05, 3.63) is 34.3 Å². The lowest BCUT2D eigenvalue weighted by molar-refractivity contribution is 0.176. The summed E-state index contributed by atoms with van der Waals surface area (Å²) in [6.45, 7) is 0. The first-order chi connectivity index (χ1) is 6.27. The average molecular weight is 193 g/mol. The molecule has 0 bridgehead atoms. The van der Waals surface area contributed by atoms with E-state index in [4.69, 9.17) is 5.11 Å². The summed E-state index contributed by atoms with van der Waals surface area (Å²) in [7, 11) is 0. The topological polar surface area (TPSA) is 40.5 Å². The molecule has 13 heavy (non-hydrogen) atoms. The number of rotatable bonds is 0. The summed E-state index contributed by atoms with van der Waals surface area (Å²) in [5, 5.41) is 10.7. The summed E-state index contributed by atoms with van der Waals surface area (Å²) in [6, 6.07) is 1.96. The van der Waals surface area contributed by atoms with Crippen LogP contribution < -0.4 is 0 Å². The van der Waals surface area contributed by atoms with Crippen molar-refractivity contribution in [3.63, 3.8) is 0 Å². The van der Waals surface area contributed by atoms with Crippen LogP contribution >= 0.6 is 11.3 Å². The molecule has 0 aromatic carbocycles. The molecule has 0 saturated heterocycles. The molecule has 2 heterocycles. The Morgan fingerprint density at radius 1 is 1.38 bits per heavy atom.